The highest BCUT2D eigenvalue weighted by atomic mass is 32.2. The number of hydrogen-bond acceptors (Lipinski definition) is 8. The predicted molar refractivity (Wildman–Crippen MR) is 140 cm³/mol. The summed E-state index contributed by atoms with van der Waals surface area (Å²) in [5, 5.41) is 18.3. The number of anilines is 1. The second kappa shape index (κ2) is 12.2. The fraction of sp³-hybridized carbons (Fsp3) is 0.400. The second-order valence-corrected chi connectivity index (χ2v) is 10.9. The van der Waals surface area contributed by atoms with E-state index in [-0.39, 0.29) is 22.2 Å². The molecule has 4 rings (SSSR count). The topological polar surface area (TPSA) is 152 Å². The zero-order valence-corrected chi connectivity index (χ0v) is 21.5. The molecule has 38 heavy (non-hydrogen) atoms. The molecule has 2 aromatic rings. The number of nitrogens with one attached hydrogen (secondary N) is 4. The van der Waals surface area contributed by atoms with Crippen molar-refractivity contribution >= 4 is 33.5 Å². The monoisotopic (exact) mass is 546 g/mol. The molecule has 204 valence electrons. The number of nitrogens with zero attached hydrogens (tertiary/aromatic N) is 2. The number of piperidine rings is 1. The van der Waals surface area contributed by atoms with Crippen LogP contribution in [0.25, 0.3) is 0 Å². The van der Waals surface area contributed by atoms with Crippen LogP contribution in [0.5, 0.6) is 0 Å². The van der Waals surface area contributed by atoms with Gasteiger partial charge in [0, 0.05) is 37.8 Å². The lowest BCUT2D eigenvalue weighted by molar-refractivity contribution is -0.137. The van der Waals surface area contributed by atoms with Crippen molar-refractivity contribution in [1.29, 1.82) is 0 Å². The molecular weight excluding hydrogens is 515 g/mol. The summed E-state index contributed by atoms with van der Waals surface area (Å²) in [7, 11) is -4.10. The van der Waals surface area contributed by atoms with Crippen molar-refractivity contribution in [2.24, 2.45) is 4.99 Å². The molecule has 0 aliphatic carbocycles. The third-order valence-electron chi connectivity index (χ3n) is 6.32. The molecule has 0 radical (unpaired) electrons. The smallest absolute Gasteiger partial charge is 0.306 e. The Bertz CT molecular complexity index is 1280. The van der Waals surface area contributed by atoms with Crippen molar-refractivity contribution in [2.45, 2.75) is 42.8 Å². The molecule has 2 heterocycles. The number of carbonyl (C=O) groups is 2. The highest BCUT2D eigenvalue weighted by Gasteiger charge is 2.26. The maximum atomic E-state index is 14.7. The second-order valence-electron chi connectivity index (χ2n) is 9.14. The molecule has 0 spiro atoms. The molecular formula is C25H31FN6O5S. The number of amides is 1. The number of hydrogen-bond donors (Lipinski definition) is 5. The number of aliphatic carboxylic acids is 1. The maximum Gasteiger partial charge on any atom is 0.306 e. The minimum absolute atomic E-state index is 0.0714. The lowest BCUT2D eigenvalue weighted by atomic mass is 10.0. The molecule has 0 aromatic heterocycles. The van der Waals surface area contributed by atoms with Gasteiger partial charge in [0.25, 0.3) is 5.91 Å². The van der Waals surface area contributed by atoms with Gasteiger partial charge in [0.2, 0.25) is 10.0 Å². The predicted octanol–water partition coefficient (Wildman–Crippen LogP) is 1.24. The minimum Gasteiger partial charge on any atom is -0.481 e. The first-order chi connectivity index (χ1) is 18.2. The molecule has 1 atom stereocenters. The standard InChI is InChI=1S/C25H31FN6O5S/c26-20-8-7-17(15-21(20)32-13-9-18(10-14-32)29-25-27-11-4-12-28-25)24(35)30-22(16-23(33)34)31-38(36,37)19-5-2-1-3-6-19/h1-3,5-8,15,18,22,31H,4,9-14,16H2,(H,30,35)(H,33,34)(H2,27,28,29). The van der Waals surface area contributed by atoms with Crippen molar-refractivity contribution in [1.82, 2.24) is 20.7 Å². The minimum atomic E-state index is -4.10. The van der Waals surface area contributed by atoms with Crippen molar-refractivity contribution in [2.75, 3.05) is 31.1 Å². The number of halogens is 1. The van der Waals surface area contributed by atoms with Gasteiger partial charge in [-0.2, -0.15) is 4.72 Å². The van der Waals surface area contributed by atoms with Gasteiger partial charge in [-0.25, -0.2) is 12.8 Å². The Balaban J connectivity index is 1.42. The Labute approximate surface area is 220 Å². The van der Waals surface area contributed by atoms with Crippen molar-refractivity contribution < 1.29 is 27.5 Å². The number of carboxylic acids is 1. The molecule has 1 fully saturated rings. The third-order valence-corrected chi connectivity index (χ3v) is 7.80. The van der Waals surface area contributed by atoms with E-state index in [9.17, 15) is 27.5 Å². The number of carboxylic acid groups (broad SMARTS) is 1. The Morgan fingerprint density at radius 2 is 1.89 bits per heavy atom. The fourth-order valence-corrected chi connectivity index (χ4v) is 5.55. The summed E-state index contributed by atoms with van der Waals surface area (Å²) in [6, 6.07) is 11.4. The highest BCUT2D eigenvalue weighted by molar-refractivity contribution is 7.89. The van der Waals surface area contributed by atoms with Crippen molar-refractivity contribution in [3.63, 3.8) is 0 Å². The van der Waals surface area contributed by atoms with E-state index in [0.717, 1.165) is 38.3 Å². The number of rotatable bonds is 9. The summed E-state index contributed by atoms with van der Waals surface area (Å²) in [6.07, 6.45) is 0.392. The number of guanidine groups is 1. The molecule has 0 saturated carbocycles. The van der Waals surface area contributed by atoms with Gasteiger partial charge in [-0.1, -0.05) is 18.2 Å². The molecule has 1 unspecified atom stereocenters. The Morgan fingerprint density at radius 3 is 2.55 bits per heavy atom. The van der Waals surface area contributed by atoms with Gasteiger partial charge in [-0.15, -0.1) is 0 Å². The number of carbonyl (C=O) groups excluding carboxylic acids is 1. The van der Waals surface area contributed by atoms with Crippen molar-refractivity contribution in [3.05, 3.63) is 59.9 Å². The van der Waals surface area contributed by atoms with E-state index >= 15 is 0 Å². The summed E-state index contributed by atoms with van der Waals surface area (Å²) in [5.41, 5.74) is 0.334. The van der Waals surface area contributed by atoms with Crippen LogP contribution in [0.15, 0.2) is 58.4 Å². The van der Waals surface area contributed by atoms with E-state index < -0.39 is 40.3 Å². The molecule has 0 bridgehead atoms. The average molecular weight is 547 g/mol. The fourth-order valence-electron chi connectivity index (χ4n) is 4.38. The molecule has 1 saturated heterocycles. The van der Waals surface area contributed by atoms with E-state index in [4.69, 9.17) is 0 Å². The molecule has 1 amide bonds. The van der Waals surface area contributed by atoms with Crippen LogP contribution >= 0.6 is 0 Å². The van der Waals surface area contributed by atoms with Gasteiger partial charge in [0.1, 0.15) is 12.0 Å². The number of sulfonamides is 1. The Hall–Kier alpha value is -3.71. The highest BCUT2D eigenvalue weighted by Crippen LogP contribution is 2.25. The Morgan fingerprint density at radius 1 is 1.16 bits per heavy atom. The number of aliphatic imine (C=N–C) groups is 1. The lowest BCUT2D eigenvalue weighted by Gasteiger charge is -2.35. The summed E-state index contributed by atoms with van der Waals surface area (Å²) < 4.78 is 42.3. The van der Waals surface area contributed by atoms with E-state index in [1.165, 1.54) is 42.5 Å². The zero-order chi connectivity index (χ0) is 27.1. The molecule has 13 heteroatoms. The van der Waals surface area contributed by atoms with Crippen LogP contribution in [0.1, 0.15) is 36.0 Å². The van der Waals surface area contributed by atoms with Crippen LogP contribution in [0.2, 0.25) is 0 Å². The van der Waals surface area contributed by atoms with Gasteiger partial charge in [0.15, 0.2) is 5.96 Å². The van der Waals surface area contributed by atoms with Crippen LogP contribution in [-0.2, 0) is 14.8 Å². The van der Waals surface area contributed by atoms with Gasteiger partial charge < -0.3 is 26.0 Å². The normalized spacial score (nSPS) is 17.2. The molecule has 11 nitrogen and oxygen atoms in total. The van der Waals surface area contributed by atoms with Gasteiger partial charge >= 0.3 is 5.97 Å². The van der Waals surface area contributed by atoms with Crippen LogP contribution in [0.3, 0.4) is 0 Å². The van der Waals surface area contributed by atoms with Gasteiger partial charge in [0.05, 0.1) is 17.0 Å². The average Bonchev–Trinajstić information content (AvgIpc) is 2.90. The van der Waals surface area contributed by atoms with E-state index in [0.29, 0.717) is 13.1 Å². The molecule has 5 N–H and O–H groups in total. The zero-order valence-electron chi connectivity index (χ0n) is 20.7. The SMILES string of the molecule is O=C(O)CC(NC(=O)c1ccc(F)c(N2CCC(NC3=NCCCN3)CC2)c1)NS(=O)(=O)c1ccccc1. The van der Waals surface area contributed by atoms with Crippen LogP contribution in [0.4, 0.5) is 10.1 Å². The van der Waals surface area contributed by atoms with Gasteiger partial charge in [-0.3, -0.25) is 14.6 Å². The quantitative estimate of drug-likeness (QED) is 0.295. The van der Waals surface area contributed by atoms with Crippen LogP contribution < -0.4 is 25.6 Å². The van der Waals surface area contributed by atoms with E-state index in [1.54, 1.807) is 6.07 Å². The summed E-state index contributed by atoms with van der Waals surface area (Å²) >= 11 is 0. The first kappa shape index (κ1) is 27.3. The molecule has 2 aliphatic rings. The van der Waals surface area contributed by atoms with Crippen LogP contribution in [-0.4, -0.2) is 69.7 Å². The molecule has 2 aliphatic heterocycles. The van der Waals surface area contributed by atoms with E-state index in [1.807, 2.05) is 4.90 Å². The first-order valence-electron chi connectivity index (χ1n) is 12.4. The summed E-state index contributed by atoms with van der Waals surface area (Å²) in [4.78, 5) is 30.5. The summed E-state index contributed by atoms with van der Waals surface area (Å²) in [5.74, 6) is -1.74. The first-order valence-corrected chi connectivity index (χ1v) is 13.9. The van der Waals surface area contributed by atoms with E-state index in [2.05, 4.69) is 25.7 Å². The lowest BCUT2D eigenvalue weighted by Crippen LogP contribution is -2.50. The maximum absolute atomic E-state index is 14.7. The third kappa shape index (κ3) is 7.19. The van der Waals surface area contributed by atoms with Crippen molar-refractivity contribution in [3.8, 4) is 0 Å². The van der Waals surface area contributed by atoms with Gasteiger partial charge in [-0.05, 0) is 49.6 Å². The Kier molecular flexibility index (Phi) is 8.79. The summed E-state index contributed by atoms with van der Waals surface area (Å²) in [6.45, 7) is 2.79. The number of benzene rings is 2. The largest absolute Gasteiger partial charge is 0.481 e. The molecule has 2 aromatic carbocycles. The van der Waals surface area contributed by atoms with Crippen LogP contribution in [0, 0.1) is 5.82 Å².